The predicted octanol–water partition coefficient (Wildman–Crippen LogP) is 3.95. The average Bonchev–Trinajstić information content (AvgIpc) is 2.85. The number of hydrogen-bond acceptors (Lipinski definition) is 6. The second-order valence-corrected chi connectivity index (χ2v) is 9.57. The highest BCUT2D eigenvalue weighted by Gasteiger charge is 2.34. The number of rotatable bonds is 5. The first-order valence-corrected chi connectivity index (χ1v) is 12.1. The van der Waals surface area contributed by atoms with Crippen molar-refractivity contribution in [3.05, 3.63) is 48.2 Å². The molecule has 2 aliphatic heterocycles. The van der Waals surface area contributed by atoms with Gasteiger partial charge in [-0.1, -0.05) is 12.1 Å². The molecular formula is C26H34N6O2. The fraction of sp³-hybridized carbons (Fsp3) is 0.500. The van der Waals surface area contributed by atoms with Crippen LogP contribution in [0.1, 0.15) is 39.2 Å². The Kier molecular flexibility index (Phi) is 7.23. The Hall–Kier alpha value is -3.31. The summed E-state index contributed by atoms with van der Waals surface area (Å²) in [6, 6.07) is 13.9. The number of pyridine rings is 1. The molecule has 2 aromatic rings. The number of benzene rings is 1. The van der Waals surface area contributed by atoms with Gasteiger partial charge >= 0.3 is 6.03 Å². The van der Waals surface area contributed by atoms with E-state index in [4.69, 9.17) is 4.74 Å². The van der Waals surface area contributed by atoms with E-state index in [2.05, 4.69) is 46.9 Å². The summed E-state index contributed by atoms with van der Waals surface area (Å²) in [4.78, 5) is 24.0. The van der Waals surface area contributed by atoms with Gasteiger partial charge in [-0.2, -0.15) is 5.26 Å². The van der Waals surface area contributed by atoms with Gasteiger partial charge < -0.3 is 19.9 Å². The second kappa shape index (κ2) is 10.3. The number of amides is 2. The Morgan fingerprint density at radius 2 is 1.82 bits per heavy atom. The zero-order chi connectivity index (χ0) is 24.1. The van der Waals surface area contributed by atoms with Crippen LogP contribution in [0.15, 0.2) is 42.6 Å². The van der Waals surface area contributed by atoms with Gasteiger partial charge in [0.25, 0.3) is 0 Å². The van der Waals surface area contributed by atoms with Gasteiger partial charge in [-0.15, -0.1) is 0 Å². The molecule has 1 aromatic heterocycles. The van der Waals surface area contributed by atoms with Gasteiger partial charge in [0.1, 0.15) is 11.7 Å². The van der Waals surface area contributed by atoms with E-state index >= 15 is 0 Å². The molecular weight excluding hydrogens is 428 g/mol. The summed E-state index contributed by atoms with van der Waals surface area (Å²) in [5.74, 6) is 0.605. The van der Waals surface area contributed by atoms with Crippen molar-refractivity contribution in [3.63, 3.8) is 0 Å². The van der Waals surface area contributed by atoms with Crippen molar-refractivity contribution in [2.45, 2.75) is 45.3 Å². The van der Waals surface area contributed by atoms with E-state index in [0.29, 0.717) is 49.1 Å². The van der Waals surface area contributed by atoms with Crippen molar-refractivity contribution in [3.8, 4) is 11.9 Å². The van der Waals surface area contributed by atoms with Gasteiger partial charge in [-0.05, 0) is 39.0 Å². The number of carbonyl (C=O) groups is 1. The molecule has 34 heavy (non-hydrogen) atoms. The number of anilines is 2. The van der Waals surface area contributed by atoms with Gasteiger partial charge in [0, 0.05) is 70.4 Å². The van der Waals surface area contributed by atoms with Crippen LogP contribution in [0.25, 0.3) is 0 Å². The zero-order valence-corrected chi connectivity index (χ0v) is 20.3. The van der Waals surface area contributed by atoms with Crippen LogP contribution in [0.3, 0.4) is 0 Å². The molecule has 8 nitrogen and oxygen atoms in total. The van der Waals surface area contributed by atoms with E-state index in [0.717, 1.165) is 31.9 Å². The number of urea groups is 1. The number of para-hydroxylation sites is 1. The second-order valence-electron chi connectivity index (χ2n) is 9.57. The zero-order valence-electron chi connectivity index (χ0n) is 20.3. The average molecular weight is 463 g/mol. The predicted molar refractivity (Wildman–Crippen MR) is 133 cm³/mol. The monoisotopic (exact) mass is 462 g/mol. The van der Waals surface area contributed by atoms with Crippen LogP contribution in [-0.4, -0.2) is 71.7 Å². The third-order valence-electron chi connectivity index (χ3n) is 6.88. The third-order valence-corrected chi connectivity index (χ3v) is 6.88. The summed E-state index contributed by atoms with van der Waals surface area (Å²) >= 11 is 0. The molecule has 2 aliphatic rings. The SMILES string of the molecule is CC(C)N1CCN(c2cccc(C#N)c2NC(=O)N2CCC(C)(Oc3ccccn3)CC2)CC1. The highest BCUT2D eigenvalue weighted by molar-refractivity contribution is 5.95. The summed E-state index contributed by atoms with van der Waals surface area (Å²) < 4.78 is 6.13. The van der Waals surface area contributed by atoms with Crippen LogP contribution in [0.4, 0.5) is 16.2 Å². The Labute approximate surface area is 202 Å². The van der Waals surface area contributed by atoms with E-state index in [1.807, 2.05) is 30.3 Å². The molecule has 180 valence electrons. The summed E-state index contributed by atoms with van der Waals surface area (Å²) in [6.45, 7) is 11.3. The minimum Gasteiger partial charge on any atom is -0.471 e. The Morgan fingerprint density at radius 3 is 2.44 bits per heavy atom. The molecule has 0 radical (unpaired) electrons. The molecule has 0 spiro atoms. The van der Waals surface area contributed by atoms with Gasteiger partial charge in [0.2, 0.25) is 5.88 Å². The van der Waals surface area contributed by atoms with Crippen molar-refractivity contribution < 1.29 is 9.53 Å². The number of aromatic nitrogens is 1. The normalized spacial score (nSPS) is 18.4. The van der Waals surface area contributed by atoms with Crippen LogP contribution < -0.4 is 15.0 Å². The van der Waals surface area contributed by atoms with Gasteiger partial charge in [-0.25, -0.2) is 9.78 Å². The quantitative estimate of drug-likeness (QED) is 0.724. The molecule has 0 saturated carbocycles. The lowest BCUT2D eigenvalue weighted by Crippen LogP contribution is -2.50. The summed E-state index contributed by atoms with van der Waals surface area (Å²) in [5.41, 5.74) is 1.64. The lowest BCUT2D eigenvalue weighted by atomic mass is 9.93. The number of piperidine rings is 1. The first-order chi connectivity index (χ1) is 16.4. The lowest BCUT2D eigenvalue weighted by Gasteiger charge is -2.40. The number of nitrogens with one attached hydrogen (secondary N) is 1. The van der Waals surface area contributed by atoms with E-state index < -0.39 is 0 Å². The van der Waals surface area contributed by atoms with E-state index in [1.54, 1.807) is 17.2 Å². The molecule has 0 atom stereocenters. The summed E-state index contributed by atoms with van der Waals surface area (Å²) in [7, 11) is 0. The maximum absolute atomic E-state index is 13.2. The van der Waals surface area contributed by atoms with Crippen molar-refractivity contribution in [2.75, 3.05) is 49.5 Å². The standard InChI is InChI=1S/C26H34N6O2/c1-20(2)30-15-17-31(18-16-30)22-8-6-7-21(19-27)24(22)29-25(33)32-13-10-26(3,11-14-32)34-23-9-4-5-12-28-23/h4-9,12,20H,10-11,13-18H2,1-3H3,(H,29,33). The summed E-state index contributed by atoms with van der Waals surface area (Å²) in [5, 5.41) is 12.8. The van der Waals surface area contributed by atoms with Crippen LogP contribution in [0.2, 0.25) is 0 Å². The molecule has 1 aromatic carbocycles. The van der Waals surface area contributed by atoms with Crippen LogP contribution in [0.5, 0.6) is 5.88 Å². The lowest BCUT2D eigenvalue weighted by molar-refractivity contribution is 0.0250. The molecule has 0 aliphatic carbocycles. The van der Waals surface area contributed by atoms with Crippen molar-refractivity contribution in [1.29, 1.82) is 5.26 Å². The molecule has 2 fully saturated rings. The van der Waals surface area contributed by atoms with Gasteiger partial charge in [0.15, 0.2) is 0 Å². The topological polar surface area (TPSA) is 84.7 Å². The fourth-order valence-electron chi connectivity index (χ4n) is 4.64. The first-order valence-electron chi connectivity index (χ1n) is 12.1. The number of hydrogen-bond donors (Lipinski definition) is 1. The number of carbonyl (C=O) groups excluding carboxylic acids is 1. The first kappa shape index (κ1) is 23.8. The summed E-state index contributed by atoms with van der Waals surface area (Å²) in [6.07, 6.45) is 3.13. The number of likely N-dealkylation sites (tertiary alicyclic amines) is 1. The minimum atomic E-state index is -0.364. The highest BCUT2D eigenvalue weighted by Crippen LogP contribution is 2.32. The Balaban J connectivity index is 1.42. The van der Waals surface area contributed by atoms with E-state index in [-0.39, 0.29) is 11.6 Å². The highest BCUT2D eigenvalue weighted by atomic mass is 16.5. The third kappa shape index (κ3) is 5.42. The maximum Gasteiger partial charge on any atom is 0.321 e. The molecule has 2 amide bonds. The van der Waals surface area contributed by atoms with Crippen molar-refractivity contribution >= 4 is 17.4 Å². The number of nitriles is 1. The largest absolute Gasteiger partial charge is 0.471 e. The Morgan fingerprint density at radius 1 is 1.09 bits per heavy atom. The van der Waals surface area contributed by atoms with Crippen molar-refractivity contribution in [2.24, 2.45) is 0 Å². The van der Waals surface area contributed by atoms with Gasteiger partial charge in [0.05, 0.1) is 16.9 Å². The van der Waals surface area contributed by atoms with Crippen molar-refractivity contribution in [1.82, 2.24) is 14.8 Å². The van der Waals surface area contributed by atoms with E-state index in [1.165, 1.54) is 0 Å². The molecule has 2 saturated heterocycles. The molecule has 0 unspecified atom stereocenters. The fourth-order valence-corrected chi connectivity index (χ4v) is 4.64. The number of piperazine rings is 1. The van der Waals surface area contributed by atoms with Crippen LogP contribution in [0, 0.1) is 11.3 Å². The molecule has 0 bridgehead atoms. The minimum absolute atomic E-state index is 0.176. The molecule has 3 heterocycles. The molecule has 8 heteroatoms. The number of ether oxygens (including phenoxy) is 1. The van der Waals surface area contributed by atoms with Crippen LogP contribution >= 0.6 is 0 Å². The molecule has 1 N–H and O–H groups in total. The number of nitrogens with zero attached hydrogens (tertiary/aromatic N) is 5. The maximum atomic E-state index is 13.2. The smallest absolute Gasteiger partial charge is 0.321 e. The molecule has 4 rings (SSSR count). The van der Waals surface area contributed by atoms with E-state index in [9.17, 15) is 10.1 Å². The van der Waals surface area contributed by atoms with Gasteiger partial charge in [-0.3, -0.25) is 4.90 Å². The van der Waals surface area contributed by atoms with Crippen LogP contribution in [-0.2, 0) is 0 Å². The Bertz CT molecular complexity index is 1020.